The molecule has 0 aliphatic carbocycles. The maximum Gasteiger partial charge on any atom is 0.222 e. The minimum atomic E-state index is 0.287. The van der Waals surface area contributed by atoms with Gasteiger partial charge in [-0.15, -0.1) is 0 Å². The molecule has 4 nitrogen and oxygen atoms in total. The molecule has 1 unspecified atom stereocenters. The van der Waals surface area contributed by atoms with Crippen LogP contribution in [0, 0.1) is 5.92 Å². The quantitative estimate of drug-likeness (QED) is 0.805. The van der Waals surface area contributed by atoms with Crippen molar-refractivity contribution in [2.75, 3.05) is 41.3 Å². The number of nitrogens with zero attached hydrogens (tertiary/aromatic N) is 3. The van der Waals surface area contributed by atoms with Gasteiger partial charge >= 0.3 is 0 Å². The van der Waals surface area contributed by atoms with Crippen LogP contribution in [0.3, 0.4) is 0 Å². The molecule has 1 fully saturated rings. The molecule has 1 atom stereocenters. The van der Waals surface area contributed by atoms with Crippen molar-refractivity contribution < 1.29 is 4.79 Å². The fourth-order valence-corrected chi connectivity index (χ4v) is 3.26. The van der Waals surface area contributed by atoms with Crippen molar-refractivity contribution in [2.24, 2.45) is 5.92 Å². The maximum atomic E-state index is 11.6. The van der Waals surface area contributed by atoms with Crippen LogP contribution in [0.4, 0.5) is 0 Å². The van der Waals surface area contributed by atoms with E-state index in [-0.39, 0.29) is 5.91 Å². The van der Waals surface area contributed by atoms with Crippen LogP contribution < -0.4 is 0 Å². The summed E-state index contributed by atoms with van der Waals surface area (Å²) in [6.45, 7) is 3.89. The van der Waals surface area contributed by atoms with Crippen molar-refractivity contribution >= 4 is 5.91 Å². The standard InChI is InChI=1S/C18H29N3O/c1-19(2)11-15-6-5-7-16(10-15)12-20(3)13-17-8-9-18(22)21(4)14-17/h5-7,10,17H,8-9,11-14H2,1-4H3. The first kappa shape index (κ1) is 17.0. The Balaban J connectivity index is 1.86. The largest absolute Gasteiger partial charge is 0.345 e. The molecular weight excluding hydrogens is 274 g/mol. The van der Waals surface area contributed by atoms with Crippen molar-refractivity contribution in [3.8, 4) is 0 Å². The molecule has 1 amide bonds. The fourth-order valence-electron chi connectivity index (χ4n) is 3.26. The summed E-state index contributed by atoms with van der Waals surface area (Å²) in [4.78, 5) is 18.0. The predicted molar refractivity (Wildman–Crippen MR) is 90.5 cm³/mol. The predicted octanol–water partition coefficient (Wildman–Crippen LogP) is 2.05. The zero-order chi connectivity index (χ0) is 16.1. The summed E-state index contributed by atoms with van der Waals surface area (Å²) in [5.74, 6) is 0.882. The lowest BCUT2D eigenvalue weighted by molar-refractivity contribution is -0.133. The third-order valence-corrected chi connectivity index (χ3v) is 4.24. The number of amides is 1. The molecule has 2 rings (SSSR count). The van der Waals surface area contributed by atoms with E-state index in [0.717, 1.165) is 32.6 Å². The Bertz CT molecular complexity index is 501. The number of piperidine rings is 1. The Morgan fingerprint density at radius 1 is 1.18 bits per heavy atom. The summed E-state index contributed by atoms with van der Waals surface area (Å²) in [6, 6.07) is 8.83. The second-order valence-electron chi connectivity index (χ2n) is 6.93. The van der Waals surface area contributed by atoms with E-state index in [2.05, 4.69) is 55.2 Å². The van der Waals surface area contributed by atoms with Crippen molar-refractivity contribution in [2.45, 2.75) is 25.9 Å². The second-order valence-corrected chi connectivity index (χ2v) is 6.93. The number of hydrogen-bond acceptors (Lipinski definition) is 3. The smallest absolute Gasteiger partial charge is 0.222 e. The van der Waals surface area contributed by atoms with Crippen LogP contribution in [0.1, 0.15) is 24.0 Å². The highest BCUT2D eigenvalue weighted by atomic mass is 16.2. The molecular formula is C18H29N3O. The Labute approximate surface area is 134 Å². The molecule has 0 bridgehead atoms. The lowest BCUT2D eigenvalue weighted by atomic mass is 9.97. The van der Waals surface area contributed by atoms with Gasteiger partial charge in [0.15, 0.2) is 0 Å². The summed E-state index contributed by atoms with van der Waals surface area (Å²) in [7, 11) is 8.29. The van der Waals surface area contributed by atoms with Crippen LogP contribution in [0.5, 0.6) is 0 Å². The summed E-state index contributed by atoms with van der Waals surface area (Å²) in [6.07, 6.45) is 1.72. The van der Waals surface area contributed by atoms with Crippen molar-refractivity contribution in [1.29, 1.82) is 0 Å². The van der Waals surface area contributed by atoms with Gasteiger partial charge in [-0.25, -0.2) is 0 Å². The molecule has 0 aromatic heterocycles. The Morgan fingerprint density at radius 2 is 1.86 bits per heavy atom. The van der Waals surface area contributed by atoms with Gasteiger partial charge in [-0.05, 0) is 44.6 Å². The normalized spacial score (nSPS) is 19.3. The highest BCUT2D eigenvalue weighted by Crippen LogP contribution is 2.18. The Kier molecular flexibility index (Phi) is 5.98. The summed E-state index contributed by atoms with van der Waals surface area (Å²) >= 11 is 0. The first-order valence-corrected chi connectivity index (χ1v) is 8.09. The first-order valence-electron chi connectivity index (χ1n) is 8.09. The average Bonchev–Trinajstić information content (AvgIpc) is 2.42. The van der Waals surface area contributed by atoms with E-state index >= 15 is 0 Å². The molecule has 1 aliphatic heterocycles. The molecule has 1 aromatic rings. The van der Waals surface area contributed by atoms with Gasteiger partial charge in [0.05, 0.1) is 0 Å². The van der Waals surface area contributed by atoms with Crippen molar-refractivity contribution in [3.63, 3.8) is 0 Å². The van der Waals surface area contributed by atoms with E-state index in [0.29, 0.717) is 12.3 Å². The minimum absolute atomic E-state index is 0.287. The summed E-state index contributed by atoms with van der Waals surface area (Å²) in [5, 5.41) is 0. The van der Waals surface area contributed by atoms with Crippen LogP contribution >= 0.6 is 0 Å². The summed E-state index contributed by atoms with van der Waals surface area (Å²) < 4.78 is 0. The Morgan fingerprint density at radius 3 is 2.50 bits per heavy atom. The zero-order valence-corrected chi connectivity index (χ0v) is 14.4. The molecule has 1 aromatic carbocycles. The van der Waals surface area contributed by atoms with E-state index in [1.807, 2.05) is 11.9 Å². The number of rotatable bonds is 6. The van der Waals surface area contributed by atoms with Crippen LogP contribution in [0.15, 0.2) is 24.3 Å². The first-order chi connectivity index (χ1) is 10.4. The molecule has 1 saturated heterocycles. The van der Waals surface area contributed by atoms with Crippen LogP contribution in [-0.2, 0) is 17.9 Å². The molecule has 22 heavy (non-hydrogen) atoms. The zero-order valence-electron chi connectivity index (χ0n) is 14.4. The third kappa shape index (κ3) is 5.11. The molecule has 0 radical (unpaired) electrons. The van der Waals surface area contributed by atoms with Crippen LogP contribution in [-0.4, -0.2) is 61.9 Å². The fraction of sp³-hybridized carbons (Fsp3) is 0.611. The number of carbonyl (C=O) groups excluding carboxylic acids is 1. The van der Waals surface area contributed by atoms with Crippen LogP contribution in [0.2, 0.25) is 0 Å². The SMILES string of the molecule is CN(C)Cc1cccc(CN(C)CC2CCC(=O)N(C)C2)c1. The van der Waals surface area contributed by atoms with Gasteiger partial charge in [-0.1, -0.05) is 24.3 Å². The topological polar surface area (TPSA) is 26.8 Å². The molecule has 1 aliphatic rings. The van der Waals surface area contributed by atoms with Crippen molar-refractivity contribution in [1.82, 2.24) is 14.7 Å². The molecule has 122 valence electrons. The third-order valence-electron chi connectivity index (χ3n) is 4.24. The second kappa shape index (κ2) is 7.75. The van der Waals surface area contributed by atoms with E-state index in [1.165, 1.54) is 11.1 Å². The van der Waals surface area contributed by atoms with Gasteiger partial charge in [-0.2, -0.15) is 0 Å². The molecule has 4 heteroatoms. The van der Waals surface area contributed by atoms with Gasteiger partial charge in [0.25, 0.3) is 0 Å². The van der Waals surface area contributed by atoms with Gasteiger partial charge in [0, 0.05) is 39.6 Å². The molecule has 1 heterocycles. The number of benzene rings is 1. The van der Waals surface area contributed by atoms with E-state index in [4.69, 9.17) is 0 Å². The number of hydrogen-bond donors (Lipinski definition) is 0. The number of carbonyl (C=O) groups is 1. The minimum Gasteiger partial charge on any atom is -0.345 e. The highest BCUT2D eigenvalue weighted by Gasteiger charge is 2.23. The average molecular weight is 303 g/mol. The van der Waals surface area contributed by atoms with Crippen LogP contribution in [0.25, 0.3) is 0 Å². The van der Waals surface area contributed by atoms with E-state index < -0.39 is 0 Å². The monoisotopic (exact) mass is 303 g/mol. The molecule has 0 N–H and O–H groups in total. The van der Waals surface area contributed by atoms with Gasteiger partial charge in [0.2, 0.25) is 5.91 Å². The van der Waals surface area contributed by atoms with Crippen molar-refractivity contribution in [3.05, 3.63) is 35.4 Å². The van der Waals surface area contributed by atoms with E-state index in [9.17, 15) is 4.79 Å². The van der Waals surface area contributed by atoms with E-state index in [1.54, 1.807) is 0 Å². The Hall–Kier alpha value is -1.39. The number of likely N-dealkylation sites (tertiary alicyclic amines) is 1. The van der Waals surface area contributed by atoms with Gasteiger partial charge in [-0.3, -0.25) is 4.79 Å². The van der Waals surface area contributed by atoms with Gasteiger partial charge in [0.1, 0.15) is 0 Å². The lowest BCUT2D eigenvalue weighted by Gasteiger charge is -2.32. The maximum absolute atomic E-state index is 11.6. The molecule has 0 saturated carbocycles. The highest BCUT2D eigenvalue weighted by molar-refractivity contribution is 5.76. The van der Waals surface area contributed by atoms with Gasteiger partial charge < -0.3 is 14.7 Å². The molecule has 0 spiro atoms. The summed E-state index contributed by atoms with van der Waals surface area (Å²) in [5.41, 5.74) is 2.72. The lowest BCUT2D eigenvalue weighted by Crippen LogP contribution is -2.41.